The number of benzene rings is 1. The summed E-state index contributed by atoms with van der Waals surface area (Å²) in [4.78, 5) is 0. The lowest BCUT2D eigenvalue weighted by Gasteiger charge is -2.25. The zero-order valence-electron chi connectivity index (χ0n) is 10.8. The third-order valence-electron chi connectivity index (χ3n) is 3.19. The highest BCUT2D eigenvalue weighted by atomic mass is 16.5. The Balaban J connectivity index is 2.08. The summed E-state index contributed by atoms with van der Waals surface area (Å²) in [5.74, 6) is 0.826. The van der Waals surface area contributed by atoms with Gasteiger partial charge in [-0.05, 0) is 51.1 Å². The van der Waals surface area contributed by atoms with Crippen molar-refractivity contribution in [3.63, 3.8) is 0 Å². The fourth-order valence-corrected chi connectivity index (χ4v) is 2.23. The van der Waals surface area contributed by atoms with Gasteiger partial charge in [-0.1, -0.05) is 0 Å². The number of hydrogen-bond donors (Lipinski definition) is 3. The van der Waals surface area contributed by atoms with Gasteiger partial charge in [-0.15, -0.1) is 0 Å². The fraction of sp³-hybridized carbons (Fsp3) is 0.500. The number of piperidine rings is 1. The van der Waals surface area contributed by atoms with Crippen LogP contribution in [-0.2, 0) is 0 Å². The molecule has 1 aromatic carbocycles. The first-order chi connectivity index (χ1) is 8.83. The van der Waals surface area contributed by atoms with Crippen molar-refractivity contribution in [1.29, 1.82) is 5.41 Å². The van der Waals surface area contributed by atoms with E-state index in [0.717, 1.165) is 42.9 Å². The minimum Gasteiger partial charge on any atom is -0.494 e. The molecule has 1 aliphatic heterocycles. The van der Waals surface area contributed by atoms with Crippen LogP contribution in [0.2, 0.25) is 0 Å². The predicted octanol–water partition coefficient (Wildman–Crippen LogP) is 2.25. The quantitative estimate of drug-likeness (QED) is 0.699. The van der Waals surface area contributed by atoms with Gasteiger partial charge in [-0.25, -0.2) is 0 Å². The summed E-state index contributed by atoms with van der Waals surface area (Å²) >= 11 is 0. The molecule has 0 aromatic heterocycles. The molecule has 98 valence electrons. The van der Waals surface area contributed by atoms with Crippen LogP contribution in [0.5, 0.6) is 5.75 Å². The standard InChI is InChI=1S/C14H21N3O/c1-2-18-13-3-4-14(11(9-13)10-15)17-12-5-7-16-8-6-12/h3-4,9-10,12,15-17H,2,5-8H2,1H3. The molecular formula is C14H21N3O. The van der Waals surface area contributed by atoms with E-state index in [9.17, 15) is 0 Å². The summed E-state index contributed by atoms with van der Waals surface area (Å²) < 4.78 is 5.45. The Hall–Kier alpha value is -1.55. The van der Waals surface area contributed by atoms with E-state index in [-0.39, 0.29) is 0 Å². The topological polar surface area (TPSA) is 57.1 Å². The normalized spacial score (nSPS) is 16.3. The molecule has 0 spiro atoms. The molecule has 1 aliphatic rings. The predicted molar refractivity (Wildman–Crippen MR) is 75.0 cm³/mol. The van der Waals surface area contributed by atoms with Crippen molar-refractivity contribution in [1.82, 2.24) is 5.32 Å². The SMILES string of the molecule is CCOc1ccc(NC2CCNCC2)c(C=N)c1. The van der Waals surface area contributed by atoms with Crippen molar-refractivity contribution in [2.24, 2.45) is 0 Å². The third kappa shape index (κ3) is 3.23. The zero-order valence-corrected chi connectivity index (χ0v) is 10.8. The van der Waals surface area contributed by atoms with Crippen LogP contribution >= 0.6 is 0 Å². The maximum atomic E-state index is 7.50. The summed E-state index contributed by atoms with van der Waals surface area (Å²) in [6.45, 7) is 4.74. The Bertz CT molecular complexity index is 400. The van der Waals surface area contributed by atoms with Crippen molar-refractivity contribution in [2.75, 3.05) is 25.0 Å². The third-order valence-corrected chi connectivity index (χ3v) is 3.19. The van der Waals surface area contributed by atoms with Gasteiger partial charge in [0.1, 0.15) is 5.75 Å². The Morgan fingerprint density at radius 1 is 1.44 bits per heavy atom. The molecule has 0 unspecified atom stereocenters. The van der Waals surface area contributed by atoms with Gasteiger partial charge in [-0.3, -0.25) is 0 Å². The molecule has 0 bridgehead atoms. The van der Waals surface area contributed by atoms with Gasteiger partial charge in [0.2, 0.25) is 0 Å². The van der Waals surface area contributed by atoms with Crippen LogP contribution in [0.1, 0.15) is 25.3 Å². The van der Waals surface area contributed by atoms with Gasteiger partial charge in [0.15, 0.2) is 0 Å². The number of rotatable bonds is 5. The molecule has 1 saturated heterocycles. The van der Waals surface area contributed by atoms with Crippen molar-refractivity contribution in [3.8, 4) is 5.75 Å². The van der Waals surface area contributed by atoms with E-state index in [0.29, 0.717) is 12.6 Å². The van der Waals surface area contributed by atoms with Crippen LogP contribution in [-0.4, -0.2) is 32.0 Å². The van der Waals surface area contributed by atoms with E-state index in [1.54, 1.807) is 0 Å². The molecule has 1 fully saturated rings. The second-order valence-corrected chi connectivity index (χ2v) is 4.50. The van der Waals surface area contributed by atoms with E-state index in [1.165, 1.54) is 6.21 Å². The average molecular weight is 247 g/mol. The average Bonchev–Trinajstić information content (AvgIpc) is 2.42. The van der Waals surface area contributed by atoms with E-state index in [1.807, 2.05) is 25.1 Å². The highest BCUT2D eigenvalue weighted by Crippen LogP contribution is 2.22. The molecule has 1 heterocycles. The first-order valence-corrected chi connectivity index (χ1v) is 6.58. The summed E-state index contributed by atoms with van der Waals surface area (Å²) in [6.07, 6.45) is 3.64. The number of hydrogen-bond acceptors (Lipinski definition) is 4. The lowest BCUT2D eigenvalue weighted by atomic mass is 10.1. The molecular weight excluding hydrogens is 226 g/mol. The molecule has 1 aromatic rings. The van der Waals surface area contributed by atoms with Crippen LogP contribution in [0, 0.1) is 5.41 Å². The second kappa shape index (κ2) is 6.40. The summed E-state index contributed by atoms with van der Waals surface area (Å²) in [5.41, 5.74) is 1.92. The summed E-state index contributed by atoms with van der Waals surface area (Å²) in [5, 5.41) is 14.4. The van der Waals surface area contributed by atoms with Gasteiger partial charge < -0.3 is 20.8 Å². The van der Waals surface area contributed by atoms with Gasteiger partial charge in [0.05, 0.1) is 6.61 Å². The Morgan fingerprint density at radius 2 is 2.22 bits per heavy atom. The first kappa shape index (κ1) is 12.9. The Kier molecular flexibility index (Phi) is 4.59. The minimum absolute atomic E-state index is 0.503. The van der Waals surface area contributed by atoms with Crippen LogP contribution in [0.4, 0.5) is 5.69 Å². The van der Waals surface area contributed by atoms with E-state index >= 15 is 0 Å². The molecule has 2 rings (SSSR count). The highest BCUT2D eigenvalue weighted by Gasteiger charge is 2.13. The second-order valence-electron chi connectivity index (χ2n) is 4.50. The lowest BCUT2D eigenvalue weighted by Crippen LogP contribution is -2.35. The minimum atomic E-state index is 0.503. The van der Waals surface area contributed by atoms with Crippen LogP contribution in [0.3, 0.4) is 0 Å². The first-order valence-electron chi connectivity index (χ1n) is 6.58. The molecule has 3 N–H and O–H groups in total. The molecule has 0 saturated carbocycles. The zero-order chi connectivity index (χ0) is 12.8. The monoisotopic (exact) mass is 247 g/mol. The smallest absolute Gasteiger partial charge is 0.120 e. The lowest BCUT2D eigenvalue weighted by molar-refractivity contribution is 0.340. The van der Waals surface area contributed by atoms with Crippen LogP contribution in [0.25, 0.3) is 0 Å². The molecule has 0 radical (unpaired) electrons. The number of anilines is 1. The van der Waals surface area contributed by atoms with E-state index in [4.69, 9.17) is 10.1 Å². The molecule has 4 nitrogen and oxygen atoms in total. The van der Waals surface area contributed by atoms with Crippen molar-refractivity contribution in [2.45, 2.75) is 25.8 Å². The van der Waals surface area contributed by atoms with Gasteiger partial charge in [-0.2, -0.15) is 0 Å². The highest BCUT2D eigenvalue weighted by molar-refractivity contribution is 5.86. The van der Waals surface area contributed by atoms with Crippen LogP contribution < -0.4 is 15.4 Å². The molecule has 0 aliphatic carbocycles. The Morgan fingerprint density at radius 3 is 2.89 bits per heavy atom. The van der Waals surface area contributed by atoms with Gasteiger partial charge in [0, 0.05) is 23.5 Å². The summed E-state index contributed by atoms with van der Waals surface area (Å²) in [6, 6.07) is 6.38. The molecule has 4 heteroatoms. The largest absolute Gasteiger partial charge is 0.494 e. The summed E-state index contributed by atoms with van der Waals surface area (Å²) in [7, 11) is 0. The molecule has 0 amide bonds. The van der Waals surface area contributed by atoms with E-state index in [2.05, 4.69) is 10.6 Å². The van der Waals surface area contributed by atoms with Crippen molar-refractivity contribution in [3.05, 3.63) is 23.8 Å². The Labute approximate surface area is 108 Å². The molecule has 18 heavy (non-hydrogen) atoms. The maximum Gasteiger partial charge on any atom is 0.120 e. The van der Waals surface area contributed by atoms with Gasteiger partial charge in [0.25, 0.3) is 0 Å². The molecule has 0 atom stereocenters. The van der Waals surface area contributed by atoms with Crippen LogP contribution in [0.15, 0.2) is 18.2 Å². The van der Waals surface area contributed by atoms with Crippen molar-refractivity contribution < 1.29 is 4.74 Å². The number of nitrogens with one attached hydrogen (secondary N) is 3. The number of ether oxygens (including phenoxy) is 1. The van der Waals surface area contributed by atoms with Crippen molar-refractivity contribution >= 4 is 11.9 Å². The fourth-order valence-electron chi connectivity index (χ4n) is 2.23. The van der Waals surface area contributed by atoms with E-state index < -0.39 is 0 Å². The maximum absolute atomic E-state index is 7.50. The van der Waals surface area contributed by atoms with Gasteiger partial charge >= 0.3 is 0 Å².